The fourth-order valence-corrected chi connectivity index (χ4v) is 2.57. The number of benzene rings is 1. The quantitative estimate of drug-likeness (QED) is 0.851. The summed E-state index contributed by atoms with van der Waals surface area (Å²) in [5.74, 6) is 0.240. The van der Waals surface area contributed by atoms with Gasteiger partial charge >= 0.3 is 12.1 Å². The number of nitrogens with one attached hydrogen (secondary N) is 2. The molecule has 0 spiro atoms. The van der Waals surface area contributed by atoms with E-state index in [1.54, 1.807) is 34.9 Å². The van der Waals surface area contributed by atoms with Crippen molar-refractivity contribution in [1.82, 2.24) is 9.80 Å². The zero-order valence-corrected chi connectivity index (χ0v) is 15.2. The summed E-state index contributed by atoms with van der Waals surface area (Å²) in [6.45, 7) is 5.19. The molecule has 1 fully saturated rings. The maximum absolute atomic E-state index is 12.4. The molecule has 26 heavy (non-hydrogen) atoms. The summed E-state index contributed by atoms with van der Waals surface area (Å²) in [4.78, 5) is 38.5. The van der Waals surface area contributed by atoms with Crippen molar-refractivity contribution in [2.75, 3.05) is 50.5 Å². The zero-order chi connectivity index (χ0) is 19.1. The van der Waals surface area contributed by atoms with Gasteiger partial charge in [0.15, 0.2) is 0 Å². The van der Waals surface area contributed by atoms with Gasteiger partial charge in [0.2, 0.25) is 5.91 Å². The van der Waals surface area contributed by atoms with E-state index in [0.29, 0.717) is 49.9 Å². The minimum absolute atomic E-state index is 0.209. The number of carbonyl (C=O) groups is 3. The summed E-state index contributed by atoms with van der Waals surface area (Å²) in [5.41, 5.74) is 1.08. The molecule has 2 N–H and O–H groups in total. The number of piperazine rings is 1. The van der Waals surface area contributed by atoms with Crippen LogP contribution in [-0.2, 0) is 9.53 Å². The van der Waals surface area contributed by atoms with Crippen LogP contribution >= 0.6 is 0 Å². The monoisotopic (exact) mass is 364 g/mol. The Morgan fingerprint density at radius 3 is 2.31 bits per heavy atom. The van der Waals surface area contributed by atoms with E-state index >= 15 is 0 Å². The summed E-state index contributed by atoms with van der Waals surface area (Å²) in [6.07, 6.45) is -0.356. The molecule has 1 saturated heterocycles. The number of hydrogen-bond acceptors (Lipinski definition) is 5. The fourth-order valence-electron chi connectivity index (χ4n) is 2.57. The molecule has 1 heterocycles. The number of methoxy groups -OCH3 is 1. The standard InChI is InChI=1S/C17H24N4O5/c1-4-26-17(24)21-9-7-20(8-10-21)16(23)19-13-5-6-14(18-12(2)22)15(11-13)25-3/h5-6,11H,4,7-10H2,1-3H3,(H,18,22)(H,19,23). The van der Waals surface area contributed by atoms with E-state index in [0.717, 1.165) is 0 Å². The summed E-state index contributed by atoms with van der Waals surface area (Å²) in [6, 6.07) is 4.72. The van der Waals surface area contributed by atoms with Crippen LogP contribution in [0.2, 0.25) is 0 Å². The topological polar surface area (TPSA) is 100 Å². The van der Waals surface area contributed by atoms with Crippen LogP contribution in [0.5, 0.6) is 5.75 Å². The SMILES string of the molecule is CCOC(=O)N1CCN(C(=O)Nc2ccc(NC(C)=O)c(OC)c2)CC1. The Labute approximate surface area is 152 Å². The van der Waals surface area contributed by atoms with Crippen LogP contribution in [0.4, 0.5) is 21.0 Å². The van der Waals surface area contributed by atoms with Gasteiger partial charge < -0.3 is 29.9 Å². The molecule has 1 aliphatic rings. The number of amides is 4. The second-order valence-electron chi connectivity index (χ2n) is 5.70. The van der Waals surface area contributed by atoms with Crippen molar-refractivity contribution >= 4 is 29.4 Å². The predicted molar refractivity (Wildman–Crippen MR) is 96.5 cm³/mol. The molecular weight excluding hydrogens is 340 g/mol. The Morgan fingerprint density at radius 2 is 1.73 bits per heavy atom. The predicted octanol–water partition coefficient (Wildman–Crippen LogP) is 1.96. The summed E-state index contributed by atoms with van der Waals surface area (Å²) < 4.78 is 10.2. The van der Waals surface area contributed by atoms with Crippen molar-refractivity contribution in [1.29, 1.82) is 0 Å². The number of rotatable bonds is 4. The van der Waals surface area contributed by atoms with E-state index in [4.69, 9.17) is 9.47 Å². The third kappa shape index (κ3) is 5.01. The smallest absolute Gasteiger partial charge is 0.409 e. The molecule has 9 nitrogen and oxygen atoms in total. The molecule has 0 bridgehead atoms. The number of urea groups is 1. The Bertz CT molecular complexity index is 671. The van der Waals surface area contributed by atoms with Gasteiger partial charge in [-0.15, -0.1) is 0 Å². The fraction of sp³-hybridized carbons (Fsp3) is 0.471. The second kappa shape index (κ2) is 8.93. The lowest BCUT2D eigenvalue weighted by Crippen LogP contribution is -2.51. The van der Waals surface area contributed by atoms with Gasteiger partial charge in [0.1, 0.15) is 5.75 Å². The highest BCUT2D eigenvalue weighted by Crippen LogP contribution is 2.28. The highest BCUT2D eigenvalue weighted by molar-refractivity contribution is 5.93. The Balaban J connectivity index is 1.94. The van der Waals surface area contributed by atoms with Crippen LogP contribution < -0.4 is 15.4 Å². The van der Waals surface area contributed by atoms with E-state index in [2.05, 4.69) is 10.6 Å². The first kappa shape index (κ1) is 19.4. The molecule has 2 rings (SSSR count). The Kier molecular flexibility index (Phi) is 6.65. The summed E-state index contributed by atoms with van der Waals surface area (Å²) in [5, 5.41) is 5.45. The molecule has 1 aromatic rings. The zero-order valence-electron chi connectivity index (χ0n) is 15.2. The first-order valence-electron chi connectivity index (χ1n) is 8.37. The molecule has 4 amide bonds. The maximum atomic E-state index is 12.4. The highest BCUT2D eigenvalue weighted by Gasteiger charge is 2.25. The van der Waals surface area contributed by atoms with Crippen LogP contribution in [0.25, 0.3) is 0 Å². The molecule has 0 aromatic heterocycles. The molecule has 0 saturated carbocycles. The average molecular weight is 364 g/mol. The summed E-state index contributed by atoms with van der Waals surface area (Å²) in [7, 11) is 1.49. The first-order chi connectivity index (χ1) is 12.4. The minimum atomic E-state index is -0.356. The van der Waals surface area contributed by atoms with Crippen LogP contribution in [0.15, 0.2) is 18.2 Å². The van der Waals surface area contributed by atoms with Crippen LogP contribution in [0.3, 0.4) is 0 Å². The highest BCUT2D eigenvalue weighted by atomic mass is 16.6. The van der Waals surface area contributed by atoms with Gasteiger partial charge in [0, 0.05) is 44.9 Å². The normalized spacial score (nSPS) is 13.8. The summed E-state index contributed by atoms with van der Waals surface area (Å²) >= 11 is 0. The molecular formula is C17H24N4O5. The average Bonchev–Trinajstić information content (AvgIpc) is 2.62. The van der Waals surface area contributed by atoms with E-state index in [1.165, 1.54) is 14.0 Å². The van der Waals surface area contributed by atoms with Crippen LogP contribution in [0, 0.1) is 0 Å². The Hall–Kier alpha value is -2.97. The van der Waals surface area contributed by atoms with Gasteiger partial charge in [-0.3, -0.25) is 4.79 Å². The lowest BCUT2D eigenvalue weighted by Gasteiger charge is -2.34. The van der Waals surface area contributed by atoms with E-state index in [-0.39, 0.29) is 18.0 Å². The molecule has 142 valence electrons. The van der Waals surface area contributed by atoms with E-state index in [1.807, 2.05) is 0 Å². The van der Waals surface area contributed by atoms with Crippen molar-refractivity contribution in [2.24, 2.45) is 0 Å². The van der Waals surface area contributed by atoms with Crippen molar-refractivity contribution in [3.8, 4) is 5.75 Å². The van der Waals surface area contributed by atoms with Gasteiger partial charge in [-0.2, -0.15) is 0 Å². The van der Waals surface area contributed by atoms with Gasteiger partial charge in [-0.05, 0) is 19.1 Å². The molecule has 0 radical (unpaired) electrons. The lowest BCUT2D eigenvalue weighted by molar-refractivity contribution is -0.114. The van der Waals surface area contributed by atoms with E-state index < -0.39 is 0 Å². The van der Waals surface area contributed by atoms with Gasteiger partial charge in [-0.1, -0.05) is 0 Å². The molecule has 0 atom stereocenters. The molecule has 1 aromatic carbocycles. The van der Waals surface area contributed by atoms with Gasteiger partial charge in [0.05, 0.1) is 19.4 Å². The number of hydrogen-bond donors (Lipinski definition) is 2. The number of carbonyl (C=O) groups excluding carboxylic acids is 3. The number of nitrogens with zero attached hydrogens (tertiary/aromatic N) is 2. The van der Waals surface area contributed by atoms with Crippen molar-refractivity contribution in [3.05, 3.63) is 18.2 Å². The first-order valence-corrected chi connectivity index (χ1v) is 8.37. The third-order valence-corrected chi connectivity index (χ3v) is 3.86. The number of anilines is 2. The van der Waals surface area contributed by atoms with Gasteiger partial charge in [0.25, 0.3) is 0 Å². The van der Waals surface area contributed by atoms with Crippen LogP contribution in [0.1, 0.15) is 13.8 Å². The Morgan fingerprint density at radius 1 is 1.08 bits per heavy atom. The molecule has 0 unspecified atom stereocenters. The second-order valence-corrected chi connectivity index (χ2v) is 5.70. The van der Waals surface area contributed by atoms with Crippen molar-refractivity contribution in [3.63, 3.8) is 0 Å². The van der Waals surface area contributed by atoms with Gasteiger partial charge in [-0.25, -0.2) is 9.59 Å². The van der Waals surface area contributed by atoms with Crippen molar-refractivity contribution in [2.45, 2.75) is 13.8 Å². The lowest BCUT2D eigenvalue weighted by atomic mass is 10.2. The largest absolute Gasteiger partial charge is 0.494 e. The minimum Gasteiger partial charge on any atom is -0.494 e. The van der Waals surface area contributed by atoms with Crippen molar-refractivity contribution < 1.29 is 23.9 Å². The van der Waals surface area contributed by atoms with Crippen LogP contribution in [-0.4, -0.2) is 67.7 Å². The third-order valence-electron chi connectivity index (χ3n) is 3.86. The number of ether oxygens (including phenoxy) is 2. The maximum Gasteiger partial charge on any atom is 0.409 e. The molecule has 1 aliphatic heterocycles. The molecule has 0 aliphatic carbocycles. The van der Waals surface area contributed by atoms with E-state index in [9.17, 15) is 14.4 Å². The molecule has 9 heteroatoms.